The van der Waals surface area contributed by atoms with E-state index < -0.39 is 10.0 Å². The molecule has 2 saturated heterocycles. The van der Waals surface area contributed by atoms with Gasteiger partial charge in [-0.05, 0) is 37.9 Å². The SMILES string of the molecule is O=C(NC1CCNC1)C1CCN(S(=O)(=O)c2ccc3c(c2)OCCO3)CC1. The highest BCUT2D eigenvalue weighted by atomic mass is 32.2. The van der Waals surface area contributed by atoms with Crippen molar-refractivity contribution >= 4 is 15.9 Å². The number of amides is 1. The molecule has 27 heavy (non-hydrogen) atoms. The highest BCUT2D eigenvalue weighted by molar-refractivity contribution is 7.89. The van der Waals surface area contributed by atoms with Gasteiger partial charge >= 0.3 is 0 Å². The van der Waals surface area contributed by atoms with Crippen LogP contribution in [0.1, 0.15) is 19.3 Å². The first-order valence-corrected chi connectivity index (χ1v) is 10.9. The smallest absolute Gasteiger partial charge is 0.243 e. The van der Waals surface area contributed by atoms with Gasteiger partial charge in [0.2, 0.25) is 15.9 Å². The molecule has 2 fully saturated rings. The molecular weight excluding hydrogens is 370 g/mol. The molecule has 1 amide bonds. The van der Waals surface area contributed by atoms with E-state index in [0.717, 1.165) is 19.5 Å². The van der Waals surface area contributed by atoms with E-state index in [1.165, 1.54) is 10.4 Å². The molecule has 0 aliphatic carbocycles. The monoisotopic (exact) mass is 395 g/mol. The molecule has 2 N–H and O–H groups in total. The number of hydrogen-bond donors (Lipinski definition) is 2. The van der Waals surface area contributed by atoms with Gasteiger partial charge in [-0.2, -0.15) is 4.31 Å². The van der Waals surface area contributed by atoms with Gasteiger partial charge in [0.05, 0.1) is 4.90 Å². The second-order valence-electron chi connectivity index (χ2n) is 7.18. The molecule has 9 heteroatoms. The third kappa shape index (κ3) is 3.90. The molecule has 4 rings (SSSR count). The number of nitrogens with one attached hydrogen (secondary N) is 2. The van der Waals surface area contributed by atoms with E-state index >= 15 is 0 Å². The first-order valence-electron chi connectivity index (χ1n) is 9.45. The number of benzene rings is 1. The summed E-state index contributed by atoms with van der Waals surface area (Å²) < 4.78 is 38.3. The van der Waals surface area contributed by atoms with Gasteiger partial charge < -0.3 is 20.1 Å². The summed E-state index contributed by atoms with van der Waals surface area (Å²) in [4.78, 5) is 12.6. The number of carbonyl (C=O) groups is 1. The van der Waals surface area contributed by atoms with Crippen LogP contribution in [-0.4, -0.2) is 64.1 Å². The minimum atomic E-state index is -3.61. The van der Waals surface area contributed by atoms with Gasteiger partial charge in [0, 0.05) is 37.7 Å². The number of piperidine rings is 1. The predicted octanol–water partition coefficient (Wildman–Crippen LogP) is 0.337. The molecule has 0 saturated carbocycles. The quantitative estimate of drug-likeness (QED) is 0.763. The number of hydrogen-bond acceptors (Lipinski definition) is 6. The second kappa shape index (κ2) is 7.65. The zero-order valence-corrected chi connectivity index (χ0v) is 16.0. The summed E-state index contributed by atoms with van der Waals surface area (Å²) in [5, 5.41) is 6.29. The molecule has 148 valence electrons. The molecule has 1 aromatic carbocycles. The molecule has 0 radical (unpaired) electrons. The van der Waals surface area contributed by atoms with Crippen LogP contribution in [0.25, 0.3) is 0 Å². The van der Waals surface area contributed by atoms with Crippen molar-refractivity contribution < 1.29 is 22.7 Å². The van der Waals surface area contributed by atoms with Gasteiger partial charge in [0.15, 0.2) is 11.5 Å². The second-order valence-corrected chi connectivity index (χ2v) is 9.12. The zero-order chi connectivity index (χ0) is 18.9. The van der Waals surface area contributed by atoms with E-state index in [1.807, 2.05) is 0 Å². The number of carbonyl (C=O) groups excluding carboxylic acids is 1. The van der Waals surface area contributed by atoms with Crippen LogP contribution >= 0.6 is 0 Å². The summed E-state index contributed by atoms with van der Waals surface area (Å²) in [5.74, 6) is 0.941. The third-order valence-electron chi connectivity index (χ3n) is 5.38. The number of fused-ring (bicyclic) bond motifs is 1. The molecule has 3 aliphatic heterocycles. The number of ether oxygens (including phenoxy) is 2. The fourth-order valence-corrected chi connectivity index (χ4v) is 5.27. The Morgan fingerprint density at radius 2 is 1.85 bits per heavy atom. The van der Waals surface area contributed by atoms with Crippen molar-refractivity contribution in [2.45, 2.75) is 30.2 Å². The van der Waals surface area contributed by atoms with Crippen LogP contribution < -0.4 is 20.1 Å². The Balaban J connectivity index is 1.39. The number of nitrogens with zero attached hydrogens (tertiary/aromatic N) is 1. The maximum absolute atomic E-state index is 12.9. The van der Waals surface area contributed by atoms with Crippen molar-refractivity contribution in [2.24, 2.45) is 5.92 Å². The molecule has 0 aromatic heterocycles. The standard InChI is InChI=1S/C18H25N3O5S/c22-18(20-14-3-6-19-12-14)13-4-7-21(8-5-13)27(23,24)15-1-2-16-17(11-15)26-10-9-25-16/h1-2,11,13-14,19H,3-10,12H2,(H,20,22). The Kier molecular flexibility index (Phi) is 5.25. The Morgan fingerprint density at radius 3 is 2.56 bits per heavy atom. The highest BCUT2D eigenvalue weighted by Gasteiger charge is 2.33. The summed E-state index contributed by atoms with van der Waals surface area (Å²) in [5.41, 5.74) is 0. The Hall–Kier alpha value is -1.84. The summed E-state index contributed by atoms with van der Waals surface area (Å²) in [7, 11) is -3.61. The first-order chi connectivity index (χ1) is 13.0. The Morgan fingerprint density at radius 1 is 1.11 bits per heavy atom. The molecular formula is C18H25N3O5S. The van der Waals surface area contributed by atoms with Crippen molar-refractivity contribution in [3.05, 3.63) is 18.2 Å². The van der Waals surface area contributed by atoms with Crippen LogP contribution in [0.15, 0.2) is 23.1 Å². The Labute approximate surface area is 159 Å². The van der Waals surface area contributed by atoms with Crippen LogP contribution in [0.3, 0.4) is 0 Å². The maximum atomic E-state index is 12.9. The van der Waals surface area contributed by atoms with E-state index in [4.69, 9.17) is 9.47 Å². The highest BCUT2D eigenvalue weighted by Crippen LogP contribution is 2.34. The van der Waals surface area contributed by atoms with E-state index in [-0.39, 0.29) is 22.8 Å². The van der Waals surface area contributed by atoms with Crippen molar-refractivity contribution in [3.63, 3.8) is 0 Å². The average molecular weight is 395 g/mol. The van der Waals surface area contributed by atoms with Gasteiger partial charge in [0.25, 0.3) is 0 Å². The van der Waals surface area contributed by atoms with Crippen molar-refractivity contribution in [3.8, 4) is 11.5 Å². The first kappa shape index (κ1) is 18.5. The fourth-order valence-electron chi connectivity index (χ4n) is 3.79. The molecule has 0 bridgehead atoms. The summed E-state index contributed by atoms with van der Waals surface area (Å²) in [6, 6.07) is 4.90. The molecule has 8 nitrogen and oxygen atoms in total. The van der Waals surface area contributed by atoms with E-state index in [0.29, 0.717) is 50.6 Å². The van der Waals surface area contributed by atoms with Gasteiger partial charge in [-0.25, -0.2) is 8.42 Å². The largest absolute Gasteiger partial charge is 0.486 e. The van der Waals surface area contributed by atoms with Crippen LogP contribution in [0.2, 0.25) is 0 Å². The summed E-state index contributed by atoms with van der Waals surface area (Å²) in [6.07, 6.45) is 2.02. The van der Waals surface area contributed by atoms with Gasteiger partial charge in [-0.1, -0.05) is 0 Å². The third-order valence-corrected chi connectivity index (χ3v) is 7.28. The lowest BCUT2D eigenvalue weighted by Crippen LogP contribution is -2.45. The van der Waals surface area contributed by atoms with Gasteiger partial charge in [0.1, 0.15) is 13.2 Å². The summed E-state index contributed by atoms with van der Waals surface area (Å²) >= 11 is 0. The molecule has 3 heterocycles. The van der Waals surface area contributed by atoms with Crippen LogP contribution in [0.4, 0.5) is 0 Å². The van der Waals surface area contributed by atoms with E-state index in [1.54, 1.807) is 12.1 Å². The summed E-state index contributed by atoms with van der Waals surface area (Å²) in [6.45, 7) is 3.30. The lowest BCUT2D eigenvalue weighted by Gasteiger charge is -2.31. The van der Waals surface area contributed by atoms with Crippen molar-refractivity contribution in [2.75, 3.05) is 39.4 Å². The average Bonchev–Trinajstić information content (AvgIpc) is 3.20. The predicted molar refractivity (Wildman–Crippen MR) is 98.3 cm³/mol. The number of sulfonamides is 1. The molecule has 1 unspecified atom stereocenters. The lowest BCUT2D eigenvalue weighted by atomic mass is 9.97. The van der Waals surface area contributed by atoms with Crippen molar-refractivity contribution in [1.29, 1.82) is 0 Å². The van der Waals surface area contributed by atoms with Gasteiger partial charge in [-0.15, -0.1) is 0 Å². The number of rotatable bonds is 4. The van der Waals surface area contributed by atoms with Crippen LogP contribution in [-0.2, 0) is 14.8 Å². The lowest BCUT2D eigenvalue weighted by molar-refractivity contribution is -0.126. The van der Waals surface area contributed by atoms with Gasteiger partial charge in [-0.3, -0.25) is 4.79 Å². The normalized spacial score (nSPS) is 23.9. The molecule has 1 aromatic rings. The van der Waals surface area contributed by atoms with Crippen LogP contribution in [0, 0.1) is 5.92 Å². The minimum Gasteiger partial charge on any atom is -0.486 e. The molecule has 1 atom stereocenters. The molecule has 0 spiro atoms. The molecule has 3 aliphatic rings. The Bertz CT molecular complexity index is 799. The van der Waals surface area contributed by atoms with Crippen molar-refractivity contribution in [1.82, 2.24) is 14.9 Å². The maximum Gasteiger partial charge on any atom is 0.243 e. The van der Waals surface area contributed by atoms with E-state index in [9.17, 15) is 13.2 Å². The van der Waals surface area contributed by atoms with Crippen LogP contribution in [0.5, 0.6) is 11.5 Å². The topological polar surface area (TPSA) is 97.0 Å². The minimum absolute atomic E-state index is 0.0417. The zero-order valence-electron chi connectivity index (χ0n) is 15.1. The fraction of sp³-hybridized carbons (Fsp3) is 0.611. The van der Waals surface area contributed by atoms with E-state index in [2.05, 4.69) is 10.6 Å².